The largest absolute Gasteiger partial charge is 0.369 e. The lowest BCUT2D eigenvalue weighted by Gasteiger charge is -2.05. The van der Waals surface area contributed by atoms with Crippen molar-refractivity contribution in [3.8, 4) is 0 Å². The highest BCUT2D eigenvalue weighted by molar-refractivity contribution is 5.91. The van der Waals surface area contributed by atoms with Crippen LogP contribution in [-0.2, 0) is 6.42 Å². The maximum absolute atomic E-state index is 11.8. The minimum absolute atomic E-state index is 0.275. The van der Waals surface area contributed by atoms with Crippen molar-refractivity contribution in [2.24, 2.45) is 0 Å². The van der Waals surface area contributed by atoms with Gasteiger partial charge in [0.1, 0.15) is 11.5 Å². The molecule has 0 fully saturated rings. The Kier molecular flexibility index (Phi) is 4.99. The summed E-state index contributed by atoms with van der Waals surface area (Å²) in [7, 11) is 0. The average molecular weight is 276 g/mol. The third-order valence-electron chi connectivity index (χ3n) is 2.48. The van der Waals surface area contributed by atoms with Gasteiger partial charge >= 0.3 is 0 Å². The Hall–Kier alpha value is -2.51. The Bertz CT molecular complexity index is 525. The topological polar surface area (TPSA) is 106 Å². The van der Waals surface area contributed by atoms with Crippen LogP contribution in [0.25, 0.3) is 0 Å². The highest BCUT2D eigenvalue weighted by Gasteiger charge is 2.08. The zero-order valence-corrected chi connectivity index (χ0v) is 11.2. The normalized spacial score (nSPS) is 10.2. The Morgan fingerprint density at radius 3 is 2.80 bits per heavy atom. The highest BCUT2D eigenvalue weighted by Crippen LogP contribution is 2.01. The summed E-state index contributed by atoms with van der Waals surface area (Å²) in [4.78, 5) is 23.8. The standard InChI is InChI=1S/C12H16N6O2/c1-2-4-13-11-7-15-9(6-16-11)12(19)14-5-3-10-17-8-20-18-10/h6-8H,2-5H2,1H3,(H,13,16)(H,14,19). The van der Waals surface area contributed by atoms with Crippen molar-refractivity contribution in [3.63, 3.8) is 0 Å². The summed E-state index contributed by atoms with van der Waals surface area (Å²) in [5.74, 6) is 0.939. The molecular weight excluding hydrogens is 260 g/mol. The molecule has 0 aliphatic heterocycles. The lowest BCUT2D eigenvalue weighted by Crippen LogP contribution is -2.27. The van der Waals surface area contributed by atoms with Crippen molar-refractivity contribution in [2.75, 3.05) is 18.4 Å². The molecule has 8 heteroatoms. The van der Waals surface area contributed by atoms with Gasteiger partial charge in [-0.1, -0.05) is 12.1 Å². The number of nitrogens with one attached hydrogen (secondary N) is 2. The third kappa shape index (κ3) is 4.01. The van der Waals surface area contributed by atoms with Gasteiger partial charge in [-0.05, 0) is 6.42 Å². The number of amides is 1. The number of hydrogen-bond donors (Lipinski definition) is 2. The summed E-state index contributed by atoms with van der Waals surface area (Å²) in [6, 6.07) is 0. The summed E-state index contributed by atoms with van der Waals surface area (Å²) >= 11 is 0. The van der Waals surface area contributed by atoms with E-state index < -0.39 is 0 Å². The van der Waals surface area contributed by atoms with E-state index in [-0.39, 0.29) is 11.6 Å². The average Bonchev–Trinajstić information content (AvgIpc) is 2.99. The molecule has 2 heterocycles. The number of carbonyl (C=O) groups is 1. The molecule has 0 bridgehead atoms. The van der Waals surface area contributed by atoms with E-state index in [0.29, 0.717) is 24.6 Å². The van der Waals surface area contributed by atoms with E-state index in [1.165, 1.54) is 12.6 Å². The summed E-state index contributed by atoms with van der Waals surface area (Å²) in [6.07, 6.45) is 5.75. The molecule has 0 aliphatic rings. The number of anilines is 1. The van der Waals surface area contributed by atoms with Crippen LogP contribution in [0.2, 0.25) is 0 Å². The minimum Gasteiger partial charge on any atom is -0.369 e. The van der Waals surface area contributed by atoms with Crippen molar-refractivity contribution in [1.82, 2.24) is 25.4 Å². The van der Waals surface area contributed by atoms with Crippen molar-refractivity contribution in [1.29, 1.82) is 0 Å². The molecule has 0 radical (unpaired) electrons. The number of aromatic nitrogens is 4. The molecular formula is C12H16N6O2. The van der Waals surface area contributed by atoms with Crippen LogP contribution in [0.3, 0.4) is 0 Å². The van der Waals surface area contributed by atoms with Crippen LogP contribution in [0.15, 0.2) is 23.3 Å². The van der Waals surface area contributed by atoms with Crippen LogP contribution in [0.4, 0.5) is 5.82 Å². The van der Waals surface area contributed by atoms with Gasteiger partial charge in [0.2, 0.25) is 6.39 Å². The molecule has 8 nitrogen and oxygen atoms in total. The summed E-state index contributed by atoms with van der Waals surface area (Å²) < 4.78 is 4.60. The fraction of sp³-hybridized carbons (Fsp3) is 0.417. The first kappa shape index (κ1) is 13.9. The molecule has 2 N–H and O–H groups in total. The van der Waals surface area contributed by atoms with Gasteiger partial charge in [0, 0.05) is 19.5 Å². The van der Waals surface area contributed by atoms with Gasteiger partial charge in [-0.15, -0.1) is 0 Å². The van der Waals surface area contributed by atoms with Crippen LogP contribution < -0.4 is 10.6 Å². The summed E-state index contributed by atoms with van der Waals surface area (Å²) in [5, 5.41) is 9.46. The number of nitrogens with zero attached hydrogens (tertiary/aromatic N) is 4. The number of hydrogen-bond acceptors (Lipinski definition) is 7. The Morgan fingerprint density at radius 2 is 2.15 bits per heavy atom. The molecule has 106 valence electrons. The maximum atomic E-state index is 11.8. The van der Waals surface area contributed by atoms with E-state index in [9.17, 15) is 4.79 Å². The second kappa shape index (κ2) is 7.17. The maximum Gasteiger partial charge on any atom is 0.271 e. The van der Waals surface area contributed by atoms with Gasteiger partial charge in [0.25, 0.3) is 5.91 Å². The molecule has 0 spiro atoms. The van der Waals surface area contributed by atoms with Crippen LogP contribution in [0, 0.1) is 0 Å². The molecule has 1 amide bonds. The zero-order valence-electron chi connectivity index (χ0n) is 11.2. The van der Waals surface area contributed by atoms with Crippen LogP contribution in [0.1, 0.15) is 29.7 Å². The molecule has 2 aromatic rings. The highest BCUT2D eigenvalue weighted by atomic mass is 16.5. The van der Waals surface area contributed by atoms with Crippen LogP contribution in [0.5, 0.6) is 0 Å². The van der Waals surface area contributed by atoms with E-state index in [1.54, 1.807) is 6.20 Å². The molecule has 2 rings (SSSR count). The Morgan fingerprint density at radius 1 is 1.25 bits per heavy atom. The molecule has 0 saturated carbocycles. The van der Waals surface area contributed by atoms with Gasteiger partial charge in [0.05, 0.1) is 12.4 Å². The predicted octanol–water partition coefficient (Wildman–Crippen LogP) is 0.654. The first-order chi connectivity index (χ1) is 9.79. The van der Waals surface area contributed by atoms with E-state index >= 15 is 0 Å². The van der Waals surface area contributed by atoms with E-state index in [4.69, 9.17) is 0 Å². The first-order valence-electron chi connectivity index (χ1n) is 6.39. The minimum atomic E-state index is -0.275. The second-order valence-electron chi connectivity index (χ2n) is 4.07. The quantitative estimate of drug-likeness (QED) is 0.764. The smallest absolute Gasteiger partial charge is 0.271 e. The van der Waals surface area contributed by atoms with E-state index in [1.807, 2.05) is 0 Å². The molecule has 0 aliphatic carbocycles. The lowest BCUT2D eigenvalue weighted by atomic mass is 10.3. The van der Waals surface area contributed by atoms with Gasteiger partial charge in [-0.2, -0.15) is 4.98 Å². The first-order valence-corrected chi connectivity index (χ1v) is 6.39. The third-order valence-corrected chi connectivity index (χ3v) is 2.48. The van der Waals surface area contributed by atoms with Crippen molar-refractivity contribution < 1.29 is 9.32 Å². The summed E-state index contributed by atoms with van der Waals surface area (Å²) in [5.41, 5.74) is 0.278. The SMILES string of the molecule is CCCNc1cnc(C(=O)NCCc2ncon2)cn1. The van der Waals surface area contributed by atoms with Crippen molar-refractivity contribution >= 4 is 11.7 Å². The lowest BCUT2D eigenvalue weighted by molar-refractivity contribution is 0.0948. The number of rotatable bonds is 7. The molecule has 0 aromatic carbocycles. The van der Waals surface area contributed by atoms with Gasteiger partial charge in [0.15, 0.2) is 5.82 Å². The van der Waals surface area contributed by atoms with Gasteiger partial charge in [-0.25, -0.2) is 9.97 Å². The van der Waals surface area contributed by atoms with Gasteiger partial charge < -0.3 is 15.2 Å². The zero-order chi connectivity index (χ0) is 14.2. The Labute approximate surface area is 116 Å². The fourth-order valence-electron chi connectivity index (χ4n) is 1.47. The van der Waals surface area contributed by atoms with Gasteiger partial charge in [-0.3, -0.25) is 4.79 Å². The molecule has 0 saturated heterocycles. The second-order valence-corrected chi connectivity index (χ2v) is 4.07. The summed E-state index contributed by atoms with van der Waals surface area (Å²) in [6.45, 7) is 3.30. The molecule has 20 heavy (non-hydrogen) atoms. The predicted molar refractivity (Wildman–Crippen MR) is 71.1 cm³/mol. The fourth-order valence-corrected chi connectivity index (χ4v) is 1.47. The monoisotopic (exact) mass is 276 g/mol. The van der Waals surface area contributed by atoms with Crippen molar-refractivity contribution in [2.45, 2.75) is 19.8 Å². The molecule has 2 aromatic heterocycles. The van der Waals surface area contributed by atoms with Crippen LogP contribution >= 0.6 is 0 Å². The Balaban J connectivity index is 1.79. The van der Waals surface area contributed by atoms with E-state index in [0.717, 1.165) is 13.0 Å². The van der Waals surface area contributed by atoms with Crippen molar-refractivity contribution in [3.05, 3.63) is 30.3 Å². The van der Waals surface area contributed by atoms with Crippen LogP contribution in [-0.4, -0.2) is 39.1 Å². The number of carbonyl (C=O) groups excluding carboxylic acids is 1. The molecule has 0 atom stereocenters. The molecule has 0 unspecified atom stereocenters. The van der Waals surface area contributed by atoms with E-state index in [2.05, 4.69) is 42.2 Å².